The zero-order valence-corrected chi connectivity index (χ0v) is 16.9. The molecule has 1 aliphatic rings. The number of hydrogen-bond acceptors (Lipinski definition) is 5. The second-order valence-electron chi connectivity index (χ2n) is 6.61. The summed E-state index contributed by atoms with van der Waals surface area (Å²) in [7, 11) is 0. The largest absolute Gasteiger partial charge is 0.379 e. The van der Waals surface area contributed by atoms with E-state index in [0.29, 0.717) is 18.5 Å². The molecule has 7 heteroatoms. The quantitative estimate of drug-likeness (QED) is 0.544. The molecule has 0 spiro atoms. The summed E-state index contributed by atoms with van der Waals surface area (Å²) in [5.74, 6) is 1.45. The van der Waals surface area contributed by atoms with Gasteiger partial charge in [0.2, 0.25) is 0 Å². The normalized spacial score (nSPS) is 17.7. The van der Waals surface area contributed by atoms with Gasteiger partial charge in [-0.3, -0.25) is 4.90 Å². The van der Waals surface area contributed by atoms with Crippen LogP contribution in [-0.2, 0) is 17.7 Å². The SMILES string of the molecule is CCNC(=NCc1ncc(CC)s1)NCC(C(C)C)N1CCOCC1. The van der Waals surface area contributed by atoms with Crippen molar-refractivity contribution in [1.29, 1.82) is 0 Å². The van der Waals surface area contributed by atoms with Gasteiger partial charge in [-0.05, 0) is 19.3 Å². The van der Waals surface area contributed by atoms with Gasteiger partial charge < -0.3 is 15.4 Å². The molecule has 6 nitrogen and oxygen atoms in total. The summed E-state index contributed by atoms with van der Waals surface area (Å²) in [6, 6.07) is 0.485. The summed E-state index contributed by atoms with van der Waals surface area (Å²) in [5, 5.41) is 7.94. The summed E-state index contributed by atoms with van der Waals surface area (Å²) in [4.78, 5) is 13.0. The van der Waals surface area contributed by atoms with E-state index in [-0.39, 0.29) is 0 Å². The highest BCUT2D eigenvalue weighted by molar-refractivity contribution is 7.11. The molecule has 0 saturated carbocycles. The third-order valence-corrected chi connectivity index (χ3v) is 5.56. The number of guanidine groups is 1. The molecule has 1 fully saturated rings. The standard InChI is InChI=1S/C18H33N5OS/c1-5-15-11-20-17(25-15)13-22-18(19-6-2)21-12-16(14(3)4)23-7-9-24-10-8-23/h11,14,16H,5-10,12-13H2,1-4H3,(H2,19,21,22). The van der Waals surface area contributed by atoms with Gasteiger partial charge in [-0.1, -0.05) is 20.8 Å². The molecule has 1 aromatic heterocycles. The number of aryl methyl sites for hydroxylation is 1. The van der Waals surface area contributed by atoms with Gasteiger partial charge in [-0.15, -0.1) is 11.3 Å². The van der Waals surface area contributed by atoms with Crippen molar-refractivity contribution in [2.24, 2.45) is 10.9 Å². The summed E-state index contributed by atoms with van der Waals surface area (Å²) in [6.07, 6.45) is 3.00. The van der Waals surface area contributed by atoms with Crippen LogP contribution in [0.25, 0.3) is 0 Å². The molecule has 25 heavy (non-hydrogen) atoms. The van der Waals surface area contributed by atoms with E-state index >= 15 is 0 Å². The number of thiazole rings is 1. The number of rotatable bonds is 8. The maximum atomic E-state index is 5.49. The first-order valence-electron chi connectivity index (χ1n) is 9.41. The number of aromatic nitrogens is 1. The van der Waals surface area contributed by atoms with Crippen molar-refractivity contribution in [3.8, 4) is 0 Å². The average Bonchev–Trinajstić information content (AvgIpc) is 3.08. The maximum Gasteiger partial charge on any atom is 0.191 e. The molecule has 0 aliphatic carbocycles. The predicted molar refractivity (Wildman–Crippen MR) is 105 cm³/mol. The van der Waals surface area contributed by atoms with Crippen LogP contribution in [0.5, 0.6) is 0 Å². The lowest BCUT2D eigenvalue weighted by molar-refractivity contribution is 0.00752. The molecule has 0 amide bonds. The van der Waals surface area contributed by atoms with E-state index in [1.54, 1.807) is 11.3 Å². The second kappa shape index (κ2) is 10.7. The Kier molecular flexibility index (Phi) is 8.64. The number of ether oxygens (including phenoxy) is 1. The molecular formula is C18H33N5OS. The smallest absolute Gasteiger partial charge is 0.191 e. The number of hydrogen-bond donors (Lipinski definition) is 2. The van der Waals surface area contributed by atoms with Crippen molar-refractivity contribution in [2.75, 3.05) is 39.4 Å². The fraction of sp³-hybridized carbons (Fsp3) is 0.778. The minimum atomic E-state index is 0.485. The lowest BCUT2D eigenvalue weighted by Crippen LogP contribution is -2.52. The Hall–Kier alpha value is -1.18. The number of nitrogens with zero attached hydrogens (tertiary/aromatic N) is 3. The molecule has 142 valence electrons. The lowest BCUT2D eigenvalue weighted by Gasteiger charge is -2.37. The fourth-order valence-corrected chi connectivity index (χ4v) is 3.76. The van der Waals surface area contributed by atoms with Crippen LogP contribution in [0, 0.1) is 5.92 Å². The lowest BCUT2D eigenvalue weighted by atomic mass is 10.0. The van der Waals surface area contributed by atoms with E-state index < -0.39 is 0 Å². The van der Waals surface area contributed by atoms with Crippen molar-refractivity contribution in [2.45, 2.75) is 46.7 Å². The molecule has 1 atom stereocenters. The van der Waals surface area contributed by atoms with Crippen molar-refractivity contribution in [3.63, 3.8) is 0 Å². The van der Waals surface area contributed by atoms with Crippen molar-refractivity contribution in [1.82, 2.24) is 20.5 Å². The van der Waals surface area contributed by atoms with Crippen molar-refractivity contribution in [3.05, 3.63) is 16.1 Å². The van der Waals surface area contributed by atoms with E-state index in [1.165, 1.54) is 4.88 Å². The molecule has 0 radical (unpaired) electrons. The average molecular weight is 368 g/mol. The van der Waals surface area contributed by atoms with Crippen LogP contribution in [-0.4, -0.2) is 61.3 Å². The van der Waals surface area contributed by atoms with Crippen molar-refractivity contribution < 1.29 is 4.74 Å². The highest BCUT2D eigenvalue weighted by Crippen LogP contribution is 2.14. The second-order valence-corrected chi connectivity index (χ2v) is 7.81. The van der Waals surface area contributed by atoms with E-state index in [4.69, 9.17) is 9.73 Å². The first-order chi connectivity index (χ1) is 12.1. The van der Waals surface area contributed by atoms with Crippen LogP contribution >= 0.6 is 11.3 Å². The number of morpholine rings is 1. The van der Waals surface area contributed by atoms with Gasteiger partial charge in [-0.2, -0.15) is 0 Å². The monoisotopic (exact) mass is 367 g/mol. The molecule has 2 N–H and O–H groups in total. The Morgan fingerprint density at radius 2 is 2.08 bits per heavy atom. The van der Waals surface area contributed by atoms with Gasteiger partial charge in [-0.25, -0.2) is 9.98 Å². The Balaban J connectivity index is 1.92. The van der Waals surface area contributed by atoms with Gasteiger partial charge in [0.05, 0.1) is 19.8 Å². The Labute approximate surface area is 156 Å². The van der Waals surface area contributed by atoms with Gasteiger partial charge in [0, 0.05) is 43.3 Å². The zero-order valence-electron chi connectivity index (χ0n) is 16.0. The number of aliphatic imine (C=N–C) groups is 1. The molecule has 1 aromatic rings. The van der Waals surface area contributed by atoms with Crippen LogP contribution < -0.4 is 10.6 Å². The first kappa shape index (κ1) is 20.1. The molecule has 1 aliphatic heterocycles. The van der Waals surface area contributed by atoms with Gasteiger partial charge in [0.15, 0.2) is 5.96 Å². The fourth-order valence-electron chi connectivity index (χ4n) is 2.97. The molecule has 0 aromatic carbocycles. The highest BCUT2D eigenvalue weighted by Gasteiger charge is 2.23. The van der Waals surface area contributed by atoms with Crippen LogP contribution in [0.3, 0.4) is 0 Å². The van der Waals surface area contributed by atoms with Crippen LogP contribution in [0.2, 0.25) is 0 Å². The predicted octanol–water partition coefficient (Wildman–Crippen LogP) is 2.12. The number of nitrogens with one attached hydrogen (secondary N) is 2. The minimum Gasteiger partial charge on any atom is -0.379 e. The minimum absolute atomic E-state index is 0.485. The summed E-state index contributed by atoms with van der Waals surface area (Å²) in [5.41, 5.74) is 0. The third-order valence-electron chi connectivity index (χ3n) is 4.43. The van der Waals surface area contributed by atoms with Crippen LogP contribution in [0.4, 0.5) is 0 Å². The summed E-state index contributed by atoms with van der Waals surface area (Å²) < 4.78 is 5.49. The van der Waals surface area contributed by atoms with Crippen LogP contribution in [0.15, 0.2) is 11.2 Å². The Bertz CT molecular complexity index is 525. The molecule has 1 unspecified atom stereocenters. The van der Waals surface area contributed by atoms with E-state index in [9.17, 15) is 0 Å². The Morgan fingerprint density at radius 3 is 2.68 bits per heavy atom. The molecule has 2 rings (SSSR count). The summed E-state index contributed by atoms with van der Waals surface area (Å²) >= 11 is 1.75. The Morgan fingerprint density at radius 1 is 1.32 bits per heavy atom. The topological polar surface area (TPSA) is 61.8 Å². The van der Waals surface area contributed by atoms with Crippen LogP contribution in [0.1, 0.15) is 37.6 Å². The first-order valence-corrected chi connectivity index (χ1v) is 10.2. The van der Waals surface area contributed by atoms with Gasteiger partial charge in [0.25, 0.3) is 0 Å². The van der Waals surface area contributed by atoms with Gasteiger partial charge >= 0.3 is 0 Å². The molecule has 0 bridgehead atoms. The van der Waals surface area contributed by atoms with E-state index in [1.807, 2.05) is 6.20 Å². The molecule has 1 saturated heterocycles. The van der Waals surface area contributed by atoms with E-state index in [0.717, 1.165) is 56.8 Å². The molecular weight excluding hydrogens is 334 g/mol. The zero-order chi connectivity index (χ0) is 18.1. The molecule has 2 heterocycles. The highest BCUT2D eigenvalue weighted by atomic mass is 32.1. The maximum absolute atomic E-state index is 5.49. The van der Waals surface area contributed by atoms with Crippen molar-refractivity contribution >= 4 is 17.3 Å². The van der Waals surface area contributed by atoms with Gasteiger partial charge in [0.1, 0.15) is 5.01 Å². The van der Waals surface area contributed by atoms with E-state index in [2.05, 4.69) is 48.2 Å². The summed E-state index contributed by atoms with van der Waals surface area (Å²) in [6.45, 7) is 14.9. The third kappa shape index (κ3) is 6.56.